The van der Waals surface area contributed by atoms with Crippen LogP contribution in [0.25, 0.3) is 0 Å². The zero-order valence-corrected chi connectivity index (χ0v) is 9.78. The molecule has 2 rings (SSSR count). The Hall–Kier alpha value is -2.07. The third-order valence-corrected chi connectivity index (χ3v) is 3.32. The Bertz CT molecular complexity index is 504. The SMILES string of the molecule is N#C[C@H]1CC(O)CC[C@@H]1n1cc(C(N)=O)c(N)n1. The van der Waals surface area contributed by atoms with Gasteiger partial charge in [-0.25, -0.2) is 0 Å². The number of aliphatic hydroxyl groups is 1. The Morgan fingerprint density at radius 1 is 1.61 bits per heavy atom. The third-order valence-electron chi connectivity index (χ3n) is 3.32. The van der Waals surface area contributed by atoms with Gasteiger partial charge in [-0.15, -0.1) is 0 Å². The van der Waals surface area contributed by atoms with Crippen molar-refractivity contribution in [3.63, 3.8) is 0 Å². The lowest BCUT2D eigenvalue weighted by molar-refractivity contribution is 0.0861. The van der Waals surface area contributed by atoms with Crippen LogP contribution < -0.4 is 11.5 Å². The molecule has 1 heterocycles. The Morgan fingerprint density at radius 2 is 2.33 bits per heavy atom. The predicted octanol–water partition coefficient (Wildman–Crippen LogP) is -0.210. The second-order valence-electron chi connectivity index (χ2n) is 4.54. The highest BCUT2D eigenvalue weighted by Crippen LogP contribution is 2.34. The van der Waals surface area contributed by atoms with Crippen molar-refractivity contribution in [2.45, 2.75) is 31.4 Å². The Kier molecular flexibility index (Phi) is 3.21. The highest BCUT2D eigenvalue weighted by Gasteiger charge is 2.32. The summed E-state index contributed by atoms with van der Waals surface area (Å²) in [6.45, 7) is 0. The van der Waals surface area contributed by atoms with Crippen LogP contribution in [0.2, 0.25) is 0 Å². The van der Waals surface area contributed by atoms with Gasteiger partial charge in [-0.1, -0.05) is 0 Å². The summed E-state index contributed by atoms with van der Waals surface area (Å²) in [7, 11) is 0. The quantitative estimate of drug-likeness (QED) is 0.667. The molecule has 1 aromatic heterocycles. The van der Waals surface area contributed by atoms with Gasteiger partial charge in [0.2, 0.25) is 0 Å². The van der Waals surface area contributed by atoms with E-state index in [1.54, 1.807) is 0 Å². The molecule has 1 saturated carbocycles. The molecule has 0 saturated heterocycles. The molecule has 1 aliphatic rings. The predicted molar refractivity (Wildman–Crippen MR) is 63.2 cm³/mol. The van der Waals surface area contributed by atoms with E-state index in [0.29, 0.717) is 19.3 Å². The highest BCUT2D eigenvalue weighted by atomic mass is 16.3. The summed E-state index contributed by atoms with van der Waals surface area (Å²) >= 11 is 0. The topological polar surface area (TPSA) is 131 Å². The van der Waals surface area contributed by atoms with E-state index in [2.05, 4.69) is 11.2 Å². The first kappa shape index (κ1) is 12.4. The molecule has 0 radical (unpaired) electrons. The van der Waals surface area contributed by atoms with Crippen molar-refractivity contribution >= 4 is 11.7 Å². The van der Waals surface area contributed by atoms with Gasteiger partial charge < -0.3 is 16.6 Å². The fourth-order valence-electron chi connectivity index (χ4n) is 2.35. The number of hydrogen-bond acceptors (Lipinski definition) is 5. The Balaban J connectivity index is 2.28. The summed E-state index contributed by atoms with van der Waals surface area (Å²) in [6.07, 6.45) is 2.67. The van der Waals surface area contributed by atoms with Gasteiger partial charge in [0.15, 0.2) is 5.82 Å². The molecule has 1 aliphatic carbocycles. The number of nitrogen functional groups attached to an aromatic ring is 1. The Labute approximate surface area is 104 Å². The van der Waals surface area contributed by atoms with Gasteiger partial charge in [0.25, 0.3) is 5.91 Å². The minimum Gasteiger partial charge on any atom is -0.393 e. The Morgan fingerprint density at radius 3 is 2.89 bits per heavy atom. The molecule has 1 amide bonds. The van der Waals surface area contributed by atoms with Crippen LogP contribution in [0.3, 0.4) is 0 Å². The van der Waals surface area contributed by atoms with E-state index in [1.807, 2.05) is 0 Å². The summed E-state index contributed by atoms with van der Waals surface area (Å²) in [5.41, 5.74) is 10.9. The standard InChI is InChI=1S/C11H15N5O2/c12-4-6-3-7(17)1-2-9(6)16-5-8(11(14)18)10(13)15-16/h5-7,9,17H,1-3H2,(H2,13,15)(H2,14,18)/t6-,7?,9+/m1/s1. The third kappa shape index (κ3) is 2.15. The molecule has 3 atom stereocenters. The molecule has 1 fully saturated rings. The summed E-state index contributed by atoms with van der Waals surface area (Å²) in [6, 6.07) is 1.99. The number of anilines is 1. The fraction of sp³-hybridized carbons (Fsp3) is 0.545. The van der Waals surface area contributed by atoms with Crippen molar-refractivity contribution < 1.29 is 9.90 Å². The number of carbonyl (C=O) groups is 1. The molecule has 0 spiro atoms. The van der Waals surface area contributed by atoms with Crippen molar-refractivity contribution in [3.05, 3.63) is 11.8 Å². The second kappa shape index (κ2) is 4.66. The fourth-order valence-corrected chi connectivity index (χ4v) is 2.35. The van der Waals surface area contributed by atoms with E-state index in [4.69, 9.17) is 16.7 Å². The molecule has 7 heteroatoms. The number of rotatable bonds is 2. The smallest absolute Gasteiger partial charge is 0.254 e. The maximum Gasteiger partial charge on any atom is 0.254 e. The van der Waals surface area contributed by atoms with Gasteiger partial charge in [0.05, 0.1) is 24.1 Å². The molecular weight excluding hydrogens is 234 g/mol. The first-order valence-corrected chi connectivity index (χ1v) is 5.75. The molecular formula is C11H15N5O2. The van der Waals surface area contributed by atoms with E-state index >= 15 is 0 Å². The molecule has 0 bridgehead atoms. The van der Waals surface area contributed by atoms with Crippen LogP contribution >= 0.6 is 0 Å². The number of hydrogen-bond donors (Lipinski definition) is 3. The number of aliphatic hydroxyl groups excluding tert-OH is 1. The van der Waals surface area contributed by atoms with Crippen LogP contribution in [0.4, 0.5) is 5.82 Å². The maximum absolute atomic E-state index is 11.1. The number of aromatic nitrogens is 2. The lowest BCUT2D eigenvalue weighted by atomic mass is 9.84. The van der Waals surface area contributed by atoms with E-state index in [-0.39, 0.29) is 23.3 Å². The average Bonchev–Trinajstić information content (AvgIpc) is 2.71. The zero-order chi connectivity index (χ0) is 13.3. The van der Waals surface area contributed by atoms with Crippen LogP contribution in [0.15, 0.2) is 6.20 Å². The monoisotopic (exact) mass is 249 g/mol. The zero-order valence-electron chi connectivity index (χ0n) is 9.78. The number of carbonyl (C=O) groups excluding carboxylic acids is 1. The van der Waals surface area contributed by atoms with Crippen molar-refractivity contribution in [3.8, 4) is 6.07 Å². The van der Waals surface area contributed by atoms with Crippen LogP contribution in [-0.2, 0) is 0 Å². The van der Waals surface area contributed by atoms with Crippen molar-refractivity contribution in [1.29, 1.82) is 5.26 Å². The van der Waals surface area contributed by atoms with Crippen LogP contribution in [0.1, 0.15) is 35.7 Å². The summed E-state index contributed by atoms with van der Waals surface area (Å²) in [5, 5.41) is 22.7. The van der Waals surface area contributed by atoms with Crippen LogP contribution in [0, 0.1) is 17.2 Å². The van der Waals surface area contributed by atoms with Crippen LogP contribution in [-0.4, -0.2) is 26.9 Å². The first-order valence-electron chi connectivity index (χ1n) is 5.75. The van der Waals surface area contributed by atoms with E-state index in [0.717, 1.165) is 0 Å². The van der Waals surface area contributed by atoms with Crippen molar-refractivity contribution in [2.75, 3.05) is 5.73 Å². The number of nitrogens with two attached hydrogens (primary N) is 2. The maximum atomic E-state index is 11.1. The van der Waals surface area contributed by atoms with Gasteiger partial charge in [0.1, 0.15) is 5.56 Å². The van der Waals surface area contributed by atoms with Crippen LogP contribution in [0.5, 0.6) is 0 Å². The molecule has 5 N–H and O–H groups in total. The molecule has 0 aliphatic heterocycles. The molecule has 7 nitrogen and oxygen atoms in total. The van der Waals surface area contributed by atoms with Gasteiger partial charge in [-0.3, -0.25) is 9.48 Å². The normalized spacial score (nSPS) is 27.7. The lowest BCUT2D eigenvalue weighted by Crippen LogP contribution is -2.29. The van der Waals surface area contributed by atoms with Gasteiger partial charge in [-0.05, 0) is 19.3 Å². The molecule has 96 valence electrons. The molecule has 1 unspecified atom stereocenters. The highest BCUT2D eigenvalue weighted by molar-refractivity contribution is 5.96. The minimum atomic E-state index is -0.636. The van der Waals surface area contributed by atoms with Crippen molar-refractivity contribution in [1.82, 2.24) is 9.78 Å². The van der Waals surface area contributed by atoms with E-state index in [9.17, 15) is 9.90 Å². The minimum absolute atomic E-state index is 0.0744. The summed E-state index contributed by atoms with van der Waals surface area (Å²) in [5.74, 6) is -0.901. The molecule has 18 heavy (non-hydrogen) atoms. The number of nitriles is 1. The number of primary amides is 1. The van der Waals surface area contributed by atoms with Gasteiger partial charge in [0, 0.05) is 6.20 Å². The summed E-state index contributed by atoms with van der Waals surface area (Å²) in [4.78, 5) is 11.1. The number of nitrogens with zero attached hydrogens (tertiary/aromatic N) is 3. The number of amides is 1. The lowest BCUT2D eigenvalue weighted by Gasteiger charge is -2.29. The first-order chi connectivity index (χ1) is 8.52. The molecule has 1 aromatic rings. The van der Waals surface area contributed by atoms with Gasteiger partial charge in [-0.2, -0.15) is 10.4 Å². The van der Waals surface area contributed by atoms with E-state index in [1.165, 1.54) is 10.9 Å². The molecule has 0 aromatic carbocycles. The average molecular weight is 249 g/mol. The van der Waals surface area contributed by atoms with Crippen molar-refractivity contribution in [2.24, 2.45) is 11.7 Å². The second-order valence-corrected chi connectivity index (χ2v) is 4.54. The summed E-state index contributed by atoms with van der Waals surface area (Å²) < 4.78 is 1.52. The van der Waals surface area contributed by atoms with E-state index < -0.39 is 12.0 Å². The van der Waals surface area contributed by atoms with Gasteiger partial charge >= 0.3 is 0 Å². The largest absolute Gasteiger partial charge is 0.393 e.